The summed E-state index contributed by atoms with van der Waals surface area (Å²) in [4.78, 5) is 32.4. The monoisotopic (exact) mass is 375 g/mol. The minimum atomic E-state index is -0.0525. The van der Waals surface area contributed by atoms with Gasteiger partial charge >= 0.3 is 0 Å². The smallest absolute Gasteiger partial charge is 0.253 e. The van der Waals surface area contributed by atoms with Gasteiger partial charge < -0.3 is 10.2 Å². The molecule has 0 aliphatic carbocycles. The maximum absolute atomic E-state index is 12.6. The Hall–Kier alpha value is -2.19. The number of amides is 2. The fraction of sp³-hybridized carbons (Fsp3) is 0.500. The summed E-state index contributed by atoms with van der Waals surface area (Å²) < 4.78 is 2.01. The molecule has 2 aromatic heterocycles. The summed E-state index contributed by atoms with van der Waals surface area (Å²) in [5.74, 6) is 0.0804. The first-order valence-corrected chi connectivity index (χ1v) is 9.70. The van der Waals surface area contributed by atoms with Crippen LogP contribution < -0.4 is 5.32 Å². The third-order valence-electron chi connectivity index (χ3n) is 4.82. The second-order valence-electron chi connectivity index (χ2n) is 6.54. The molecule has 26 heavy (non-hydrogen) atoms. The molecule has 0 radical (unpaired) electrons. The van der Waals surface area contributed by atoms with E-state index in [9.17, 15) is 9.59 Å². The molecule has 7 nitrogen and oxygen atoms in total. The van der Waals surface area contributed by atoms with Crippen LogP contribution in [0.4, 0.5) is 0 Å². The Kier molecular flexibility index (Phi) is 5.73. The zero-order valence-corrected chi connectivity index (χ0v) is 16.3. The third kappa shape index (κ3) is 3.96. The fourth-order valence-corrected chi connectivity index (χ4v) is 4.07. The van der Waals surface area contributed by atoms with E-state index in [2.05, 4.69) is 15.2 Å². The molecule has 0 atom stereocenters. The molecule has 0 spiro atoms. The van der Waals surface area contributed by atoms with Gasteiger partial charge in [0.25, 0.3) is 5.91 Å². The minimum Gasteiger partial charge on any atom is -0.351 e. The van der Waals surface area contributed by atoms with Gasteiger partial charge in [0.05, 0.1) is 5.56 Å². The van der Waals surface area contributed by atoms with E-state index in [1.54, 1.807) is 24.5 Å². The Balaban J connectivity index is 1.53. The highest BCUT2D eigenvalue weighted by atomic mass is 32.1. The summed E-state index contributed by atoms with van der Waals surface area (Å²) >= 11 is 1.55. The number of rotatable bonds is 5. The molecule has 3 rings (SSSR count). The molecular formula is C18H25N5O2S. The van der Waals surface area contributed by atoms with Gasteiger partial charge in [0, 0.05) is 69.2 Å². The van der Waals surface area contributed by atoms with E-state index < -0.39 is 0 Å². The van der Waals surface area contributed by atoms with Crippen molar-refractivity contribution < 1.29 is 9.59 Å². The molecule has 0 aromatic carbocycles. The summed E-state index contributed by atoms with van der Waals surface area (Å²) in [5.41, 5.74) is 2.60. The lowest BCUT2D eigenvalue weighted by Crippen LogP contribution is -2.49. The first kappa shape index (κ1) is 18.6. The van der Waals surface area contributed by atoms with Crippen molar-refractivity contribution in [1.29, 1.82) is 0 Å². The van der Waals surface area contributed by atoms with Crippen molar-refractivity contribution >= 4 is 23.2 Å². The Bertz CT molecular complexity index is 776. The summed E-state index contributed by atoms with van der Waals surface area (Å²) in [6.07, 6.45) is 1.77. The van der Waals surface area contributed by atoms with Crippen LogP contribution in [0.1, 0.15) is 28.7 Å². The van der Waals surface area contributed by atoms with E-state index in [1.807, 2.05) is 34.8 Å². The largest absolute Gasteiger partial charge is 0.351 e. The first-order valence-electron chi connectivity index (χ1n) is 8.82. The number of aromatic nitrogens is 2. The predicted molar refractivity (Wildman–Crippen MR) is 102 cm³/mol. The maximum Gasteiger partial charge on any atom is 0.253 e. The van der Waals surface area contributed by atoms with Gasteiger partial charge in [-0.2, -0.15) is 0 Å². The number of thiazole rings is 1. The van der Waals surface area contributed by atoms with Crippen LogP contribution in [0.3, 0.4) is 0 Å². The number of aryl methyl sites for hydroxylation is 1. The van der Waals surface area contributed by atoms with Crippen molar-refractivity contribution in [3.8, 4) is 5.13 Å². The highest BCUT2D eigenvalue weighted by molar-refractivity contribution is 7.12. The van der Waals surface area contributed by atoms with Gasteiger partial charge in [0.15, 0.2) is 5.13 Å². The molecule has 0 unspecified atom stereocenters. The minimum absolute atomic E-state index is 0.0525. The molecule has 1 aliphatic rings. The maximum atomic E-state index is 12.6. The lowest BCUT2D eigenvalue weighted by Gasteiger charge is -2.34. The molecule has 140 valence electrons. The van der Waals surface area contributed by atoms with Crippen LogP contribution in [0.25, 0.3) is 5.13 Å². The van der Waals surface area contributed by atoms with E-state index in [4.69, 9.17) is 0 Å². The Morgan fingerprint density at radius 1 is 1.23 bits per heavy atom. The lowest BCUT2D eigenvalue weighted by molar-refractivity contribution is -0.130. The number of nitrogens with zero attached hydrogens (tertiary/aromatic N) is 4. The number of nitrogens with one attached hydrogen (secondary N) is 1. The van der Waals surface area contributed by atoms with Crippen molar-refractivity contribution in [3.05, 3.63) is 34.6 Å². The van der Waals surface area contributed by atoms with Crippen molar-refractivity contribution in [2.75, 3.05) is 39.3 Å². The van der Waals surface area contributed by atoms with Crippen LogP contribution in [-0.2, 0) is 4.79 Å². The van der Waals surface area contributed by atoms with Gasteiger partial charge in [-0.3, -0.25) is 19.1 Å². The molecule has 1 aliphatic heterocycles. The molecule has 3 heterocycles. The number of piperazine rings is 1. The van der Waals surface area contributed by atoms with Crippen LogP contribution in [-0.4, -0.2) is 70.4 Å². The van der Waals surface area contributed by atoms with Gasteiger partial charge in [-0.05, 0) is 19.9 Å². The predicted octanol–water partition coefficient (Wildman–Crippen LogP) is 1.44. The van der Waals surface area contributed by atoms with Crippen molar-refractivity contribution in [3.63, 3.8) is 0 Å². The molecule has 1 N–H and O–H groups in total. The standard InChI is InChI=1S/C18H25N5O2S/c1-13-12-16(14(2)23(13)18-20-5-11-26-18)17(25)19-4-6-21-7-9-22(10-8-21)15(3)24/h5,11-12H,4,6-10H2,1-3H3,(H,19,25). The highest BCUT2D eigenvalue weighted by Gasteiger charge is 2.20. The van der Waals surface area contributed by atoms with E-state index in [0.29, 0.717) is 12.1 Å². The molecule has 2 aromatic rings. The molecule has 0 bridgehead atoms. The van der Waals surface area contributed by atoms with Crippen molar-refractivity contribution in [2.24, 2.45) is 0 Å². The number of carbonyl (C=O) groups is 2. The van der Waals surface area contributed by atoms with Crippen LogP contribution >= 0.6 is 11.3 Å². The Morgan fingerprint density at radius 2 is 1.96 bits per heavy atom. The highest BCUT2D eigenvalue weighted by Crippen LogP contribution is 2.22. The van der Waals surface area contributed by atoms with Crippen LogP contribution in [0.2, 0.25) is 0 Å². The molecule has 1 saturated heterocycles. The normalized spacial score (nSPS) is 15.3. The van der Waals surface area contributed by atoms with Gasteiger partial charge in [0.1, 0.15) is 0 Å². The van der Waals surface area contributed by atoms with Crippen molar-refractivity contribution in [1.82, 2.24) is 24.7 Å². The van der Waals surface area contributed by atoms with Gasteiger partial charge in [-0.1, -0.05) is 0 Å². The number of hydrogen-bond donors (Lipinski definition) is 1. The summed E-state index contributed by atoms with van der Waals surface area (Å²) in [6, 6.07) is 1.91. The molecule has 8 heteroatoms. The molecule has 1 fully saturated rings. The van der Waals surface area contributed by atoms with E-state index >= 15 is 0 Å². The molecule has 0 saturated carbocycles. The summed E-state index contributed by atoms with van der Waals surface area (Å²) in [5, 5.41) is 5.82. The zero-order valence-electron chi connectivity index (χ0n) is 15.5. The Morgan fingerprint density at radius 3 is 2.58 bits per heavy atom. The summed E-state index contributed by atoms with van der Waals surface area (Å²) in [7, 11) is 0. The number of hydrogen-bond acceptors (Lipinski definition) is 5. The Labute approximate surface area is 157 Å². The quantitative estimate of drug-likeness (QED) is 0.859. The van der Waals surface area contributed by atoms with Crippen LogP contribution in [0, 0.1) is 13.8 Å². The SMILES string of the molecule is CC(=O)N1CCN(CCNC(=O)c2cc(C)n(-c3nccs3)c2C)CC1. The van der Waals surface area contributed by atoms with Crippen molar-refractivity contribution in [2.45, 2.75) is 20.8 Å². The van der Waals surface area contributed by atoms with Gasteiger partial charge in [-0.15, -0.1) is 11.3 Å². The molecular weight excluding hydrogens is 350 g/mol. The van der Waals surface area contributed by atoms with E-state index in [-0.39, 0.29) is 11.8 Å². The van der Waals surface area contributed by atoms with Gasteiger partial charge in [0.2, 0.25) is 5.91 Å². The average Bonchev–Trinajstić information content (AvgIpc) is 3.23. The first-order chi connectivity index (χ1) is 12.5. The summed E-state index contributed by atoms with van der Waals surface area (Å²) in [6.45, 7) is 10.2. The van der Waals surface area contributed by atoms with E-state index in [1.165, 1.54) is 0 Å². The third-order valence-corrected chi connectivity index (χ3v) is 5.57. The second-order valence-corrected chi connectivity index (χ2v) is 7.41. The van der Waals surface area contributed by atoms with Crippen LogP contribution in [0.5, 0.6) is 0 Å². The second kappa shape index (κ2) is 8.01. The fourth-order valence-electron chi connectivity index (χ4n) is 3.32. The molecule has 2 amide bonds. The van der Waals surface area contributed by atoms with Gasteiger partial charge in [-0.25, -0.2) is 4.98 Å². The lowest BCUT2D eigenvalue weighted by atomic mass is 10.2. The topological polar surface area (TPSA) is 70.5 Å². The number of carbonyl (C=O) groups excluding carboxylic acids is 2. The van der Waals surface area contributed by atoms with Crippen LogP contribution in [0.15, 0.2) is 17.6 Å². The average molecular weight is 375 g/mol. The van der Waals surface area contributed by atoms with E-state index in [0.717, 1.165) is 49.2 Å². The zero-order chi connectivity index (χ0) is 18.7.